The Bertz CT molecular complexity index is 634. The second kappa shape index (κ2) is 6.00. The smallest absolute Gasteiger partial charge is 0.168 e. The second-order valence-corrected chi connectivity index (χ2v) is 4.41. The first kappa shape index (κ1) is 14.5. The highest BCUT2D eigenvalue weighted by atomic mass is 35.5. The van der Waals surface area contributed by atoms with Gasteiger partial charge >= 0.3 is 0 Å². The summed E-state index contributed by atoms with van der Waals surface area (Å²) in [5.41, 5.74) is 0.646. The van der Waals surface area contributed by atoms with Gasteiger partial charge in [-0.05, 0) is 17.7 Å². The number of rotatable bonds is 4. The molecule has 2 rings (SSSR count). The normalized spacial score (nSPS) is 10.4. The molecule has 1 aromatic carbocycles. The number of nitrogens with zero attached hydrogens (tertiary/aromatic N) is 1. The lowest BCUT2D eigenvalue weighted by atomic mass is 10.2. The van der Waals surface area contributed by atoms with Gasteiger partial charge < -0.3 is 10.6 Å². The zero-order chi connectivity index (χ0) is 14.7. The fourth-order valence-corrected chi connectivity index (χ4v) is 1.80. The molecule has 0 unspecified atom stereocenters. The molecule has 0 saturated carbocycles. The molecule has 0 fully saturated rings. The van der Waals surface area contributed by atoms with Crippen molar-refractivity contribution in [3.05, 3.63) is 52.3 Å². The highest BCUT2D eigenvalue weighted by molar-refractivity contribution is 6.30. The number of aromatic nitrogens is 1. The van der Waals surface area contributed by atoms with Crippen LogP contribution in [0.2, 0.25) is 5.02 Å². The Morgan fingerprint density at radius 1 is 1.05 bits per heavy atom. The Morgan fingerprint density at radius 2 is 1.75 bits per heavy atom. The maximum atomic E-state index is 13.5. The summed E-state index contributed by atoms with van der Waals surface area (Å²) in [5.74, 6) is -2.28. The summed E-state index contributed by atoms with van der Waals surface area (Å²) in [7, 11) is 1.48. The highest BCUT2D eigenvalue weighted by Crippen LogP contribution is 2.20. The third-order valence-electron chi connectivity index (χ3n) is 2.61. The molecule has 0 saturated heterocycles. The van der Waals surface area contributed by atoms with Crippen molar-refractivity contribution in [2.75, 3.05) is 17.7 Å². The molecule has 0 aliphatic rings. The van der Waals surface area contributed by atoms with E-state index in [-0.39, 0.29) is 23.2 Å². The Kier molecular flexibility index (Phi) is 4.34. The van der Waals surface area contributed by atoms with Gasteiger partial charge in [-0.1, -0.05) is 17.7 Å². The van der Waals surface area contributed by atoms with Crippen LogP contribution in [0.4, 0.5) is 24.8 Å². The maximum absolute atomic E-state index is 13.5. The van der Waals surface area contributed by atoms with Crippen molar-refractivity contribution in [2.24, 2.45) is 0 Å². The number of hydrogen-bond donors (Lipinski definition) is 2. The molecule has 0 bridgehead atoms. The second-order valence-electron chi connectivity index (χ2n) is 4.00. The Morgan fingerprint density at radius 3 is 2.40 bits per heavy atom. The van der Waals surface area contributed by atoms with Gasteiger partial charge in [-0.2, -0.15) is 0 Å². The van der Waals surface area contributed by atoms with Crippen molar-refractivity contribution < 1.29 is 13.2 Å². The zero-order valence-corrected chi connectivity index (χ0v) is 11.2. The van der Waals surface area contributed by atoms with E-state index in [4.69, 9.17) is 11.6 Å². The van der Waals surface area contributed by atoms with E-state index in [0.717, 1.165) is 6.07 Å². The van der Waals surface area contributed by atoms with Gasteiger partial charge in [0.05, 0.1) is 5.02 Å². The minimum absolute atomic E-state index is 0.0206. The molecule has 0 amide bonds. The molecule has 3 nitrogen and oxygen atoms in total. The summed E-state index contributed by atoms with van der Waals surface area (Å²) in [4.78, 5) is 3.77. The molecule has 106 valence electrons. The van der Waals surface area contributed by atoms with E-state index in [1.807, 2.05) is 0 Å². The van der Waals surface area contributed by atoms with Crippen LogP contribution < -0.4 is 10.6 Å². The molecule has 20 heavy (non-hydrogen) atoms. The SMILES string of the molecule is CNc1nc(NCc2ccc(F)c(Cl)c2)c(F)cc1F. The van der Waals surface area contributed by atoms with Crippen LogP contribution in [0.3, 0.4) is 0 Å². The van der Waals surface area contributed by atoms with E-state index in [1.165, 1.54) is 25.2 Å². The molecular weight excluding hydrogens is 291 g/mol. The van der Waals surface area contributed by atoms with Gasteiger partial charge in [-0.25, -0.2) is 18.2 Å². The first-order valence-corrected chi connectivity index (χ1v) is 6.10. The fraction of sp³-hybridized carbons (Fsp3) is 0.154. The topological polar surface area (TPSA) is 37.0 Å². The van der Waals surface area contributed by atoms with Crippen LogP contribution in [0.25, 0.3) is 0 Å². The summed E-state index contributed by atoms with van der Waals surface area (Å²) < 4.78 is 39.8. The predicted molar refractivity (Wildman–Crippen MR) is 72.4 cm³/mol. The van der Waals surface area contributed by atoms with Gasteiger partial charge in [0, 0.05) is 19.7 Å². The number of pyridine rings is 1. The molecule has 0 aliphatic heterocycles. The number of nitrogens with one attached hydrogen (secondary N) is 2. The number of benzene rings is 1. The van der Waals surface area contributed by atoms with E-state index in [1.54, 1.807) is 0 Å². The quantitative estimate of drug-likeness (QED) is 0.902. The Labute approximate surface area is 118 Å². The van der Waals surface area contributed by atoms with Crippen molar-refractivity contribution in [1.82, 2.24) is 4.98 Å². The van der Waals surface area contributed by atoms with Crippen molar-refractivity contribution in [1.29, 1.82) is 0 Å². The molecule has 0 spiro atoms. The minimum Gasteiger partial charge on any atom is -0.371 e. The third-order valence-corrected chi connectivity index (χ3v) is 2.90. The van der Waals surface area contributed by atoms with E-state index in [0.29, 0.717) is 5.56 Å². The predicted octanol–water partition coefficient (Wildman–Crippen LogP) is 3.81. The maximum Gasteiger partial charge on any atom is 0.168 e. The lowest BCUT2D eigenvalue weighted by Crippen LogP contribution is -2.07. The monoisotopic (exact) mass is 301 g/mol. The first-order chi connectivity index (χ1) is 9.51. The summed E-state index contributed by atoms with van der Waals surface area (Å²) >= 11 is 5.64. The molecule has 2 N–H and O–H groups in total. The molecule has 1 aromatic heterocycles. The van der Waals surface area contributed by atoms with Crippen LogP contribution in [-0.2, 0) is 6.54 Å². The summed E-state index contributed by atoms with van der Waals surface area (Å²) in [6.45, 7) is 0.179. The Balaban J connectivity index is 2.16. The molecular formula is C13H11ClF3N3. The summed E-state index contributed by atoms with van der Waals surface area (Å²) in [6, 6.07) is 4.88. The average Bonchev–Trinajstić information content (AvgIpc) is 2.41. The van der Waals surface area contributed by atoms with Crippen molar-refractivity contribution in [3.8, 4) is 0 Å². The molecule has 7 heteroatoms. The minimum atomic E-state index is -0.810. The molecule has 1 heterocycles. The number of hydrogen-bond acceptors (Lipinski definition) is 3. The van der Waals surface area contributed by atoms with Crippen LogP contribution in [0.1, 0.15) is 5.56 Å². The molecule has 0 radical (unpaired) electrons. The summed E-state index contributed by atoms with van der Waals surface area (Å²) in [5, 5.41) is 5.20. The van der Waals surface area contributed by atoms with Gasteiger partial charge in [-0.15, -0.1) is 0 Å². The van der Waals surface area contributed by atoms with Crippen molar-refractivity contribution >= 4 is 23.2 Å². The number of anilines is 2. The van der Waals surface area contributed by atoms with E-state index < -0.39 is 17.5 Å². The number of halogens is 4. The van der Waals surface area contributed by atoms with Gasteiger partial charge in [0.1, 0.15) is 5.82 Å². The molecule has 0 aliphatic carbocycles. The van der Waals surface area contributed by atoms with Gasteiger partial charge in [0.25, 0.3) is 0 Å². The summed E-state index contributed by atoms with van der Waals surface area (Å²) in [6.07, 6.45) is 0. The van der Waals surface area contributed by atoms with Crippen LogP contribution in [0.15, 0.2) is 24.3 Å². The zero-order valence-electron chi connectivity index (χ0n) is 10.5. The Hall–Kier alpha value is -1.95. The van der Waals surface area contributed by atoms with E-state index >= 15 is 0 Å². The standard InChI is InChI=1S/C13H11ClF3N3/c1-18-12-10(16)5-11(17)13(20-12)19-6-7-2-3-9(15)8(14)4-7/h2-5H,6H2,1H3,(H2,18,19,20). The lowest BCUT2D eigenvalue weighted by Gasteiger charge is -2.10. The lowest BCUT2D eigenvalue weighted by molar-refractivity contribution is 0.578. The van der Waals surface area contributed by atoms with Crippen LogP contribution >= 0.6 is 11.6 Å². The van der Waals surface area contributed by atoms with Gasteiger partial charge in [0.15, 0.2) is 23.3 Å². The largest absolute Gasteiger partial charge is 0.371 e. The van der Waals surface area contributed by atoms with Gasteiger partial charge in [-0.3, -0.25) is 0 Å². The van der Waals surface area contributed by atoms with Crippen LogP contribution in [0.5, 0.6) is 0 Å². The first-order valence-electron chi connectivity index (χ1n) is 5.73. The van der Waals surface area contributed by atoms with E-state index in [2.05, 4.69) is 15.6 Å². The van der Waals surface area contributed by atoms with E-state index in [9.17, 15) is 13.2 Å². The molecule has 2 aromatic rings. The van der Waals surface area contributed by atoms with Crippen molar-refractivity contribution in [3.63, 3.8) is 0 Å². The van der Waals surface area contributed by atoms with Crippen molar-refractivity contribution in [2.45, 2.75) is 6.54 Å². The fourth-order valence-electron chi connectivity index (χ4n) is 1.60. The van der Waals surface area contributed by atoms with Crippen LogP contribution in [0, 0.1) is 17.5 Å². The highest BCUT2D eigenvalue weighted by Gasteiger charge is 2.11. The average molecular weight is 302 g/mol. The third kappa shape index (κ3) is 3.14. The van der Waals surface area contributed by atoms with Gasteiger partial charge in [0.2, 0.25) is 0 Å². The van der Waals surface area contributed by atoms with Crippen LogP contribution in [-0.4, -0.2) is 12.0 Å². The molecule has 0 atom stereocenters.